The van der Waals surface area contributed by atoms with Gasteiger partial charge in [-0.3, -0.25) is 0 Å². The van der Waals surface area contributed by atoms with Crippen LogP contribution in [0.1, 0.15) is 25.1 Å². The first-order valence-corrected chi connectivity index (χ1v) is 5.93. The Morgan fingerprint density at radius 1 is 1.47 bits per heavy atom. The zero-order chi connectivity index (χ0) is 11.0. The number of halogens is 2. The molecule has 2 aromatic rings. The Labute approximate surface area is 102 Å². The third-order valence-corrected chi connectivity index (χ3v) is 3.10. The number of rotatable bonds is 2. The summed E-state index contributed by atoms with van der Waals surface area (Å²) in [6.07, 6.45) is 0.846. The van der Waals surface area contributed by atoms with Crippen LogP contribution in [-0.4, -0.2) is 0 Å². The van der Waals surface area contributed by atoms with Gasteiger partial charge in [-0.05, 0) is 24.6 Å². The second-order valence-electron chi connectivity index (χ2n) is 3.47. The summed E-state index contributed by atoms with van der Waals surface area (Å²) in [5.41, 5.74) is 6.60. The van der Waals surface area contributed by atoms with Gasteiger partial charge in [-0.25, -0.2) is 0 Å². The lowest BCUT2D eigenvalue weighted by atomic mass is 10.2. The molecular weight excluding hydrogens is 277 g/mol. The van der Waals surface area contributed by atoms with Gasteiger partial charge in [0.1, 0.15) is 5.76 Å². The Balaban J connectivity index is 2.60. The molecule has 15 heavy (non-hydrogen) atoms. The molecule has 1 aromatic heterocycles. The smallest absolute Gasteiger partial charge is 0.153 e. The minimum Gasteiger partial charge on any atom is -0.458 e. The fourth-order valence-electron chi connectivity index (χ4n) is 1.48. The molecule has 0 aliphatic heterocycles. The van der Waals surface area contributed by atoms with Crippen molar-refractivity contribution < 1.29 is 4.42 Å². The Kier molecular flexibility index (Phi) is 3.05. The van der Waals surface area contributed by atoms with E-state index in [1.165, 1.54) is 0 Å². The van der Waals surface area contributed by atoms with Gasteiger partial charge < -0.3 is 10.2 Å². The van der Waals surface area contributed by atoms with Crippen LogP contribution in [-0.2, 0) is 0 Å². The summed E-state index contributed by atoms with van der Waals surface area (Å²) in [7, 11) is 0. The minimum atomic E-state index is -0.0627. The highest BCUT2D eigenvalue weighted by atomic mass is 79.9. The van der Waals surface area contributed by atoms with Crippen molar-refractivity contribution in [1.29, 1.82) is 0 Å². The molecule has 0 radical (unpaired) electrons. The molecule has 0 spiro atoms. The molecule has 4 heteroatoms. The van der Waals surface area contributed by atoms with E-state index in [2.05, 4.69) is 15.9 Å². The Bertz CT molecular complexity index is 495. The van der Waals surface area contributed by atoms with Crippen LogP contribution in [0, 0.1) is 0 Å². The molecule has 0 amide bonds. The van der Waals surface area contributed by atoms with Crippen LogP contribution in [0.25, 0.3) is 11.0 Å². The van der Waals surface area contributed by atoms with Crippen molar-refractivity contribution in [3.05, 3.63) is 33.5 Å². The van der Waals surface area contributed by atoms with Crippen molar-refractivity contribution in [2.24, 2.45) is 5.73 Å². The molecule has 1 unspecified atom stereocenters. The van der Waals surface area contributed by atoms with E-state index in [0.717, 1.165) is 22.0 Å². The molecule has 0 aliphatic rings. The molecule has 1 heterocycles. The molecule has 0 saturated carbocycles. The molecule has 80 valence electrons. The predicted octanol–water partition coefficient (Wildman–Crippen LogP) is 4.26. The summed E-state index contributed by atoms with van der Waals surface area (Å²) in [6, 6.07) is 5.66. The highest BCUT2D eigenvalue weighted by Gasteiger charge is 2.12. The maximum absolute atomic E-state index is 6.06. The second kappa shape index (κ2) is 4.16. The van der Waals surface area contributed by atoms with Gasteiger partial charge >= 0.3 is 0 Å². The third-order valence-electron chi connectivity index (χ3n) is 2.36. The van der Waals surface area contributed by atoms with Crippen molar-refractivity contribution in [2.45, 2.75) is 19.4 Å². The molecule has 1 aromatic carbocycles. The number of hydrogen-bond acceptors (Lipinski definition) is 2. The van der Waals surface area contributed by atoms with Gasteiger partial charge in [0.05, 0.1) is 11.1 Å². The molecule has 0 fully saturated rings. The van der Waals surface area contributed by atoms with Gasteiger partial charge in [0.25, 0.3) is 0 Å². The van der Waals surface area contributed by atoms with Crippen LogP contribution in [0.3, 0.4) is 0 Å². The molecule has 2 nitrogen and oxygen atoms in total. The highest BCUT2D eigenvalue weighted by molar-refractivity contribution is 9.10. The van der Waals surface area contributed by atoms with E-state index in [0.29, 0.717) is 10.6 Å². The van der Waals surface area contributed by atoms with Gasteiger partial charge in [-0.15, -0.1) is 0 Å². The van der Waals surface area contributed by atoms with E-state index in [1.807, 2.05) is 25.1 Å². The fourth-order valence-corrected chi connectivity index (χ4v) is 2.35. The SMILES string of the molecule is CCC(N)c1cc2cc(Br)cc(Cl)c2o1. The number of benzene rings is 1. The fraction of sp³-hybridized carbons (Fsp3) is 0.273. The van der Waals surface area contributed by atoms with Gasteiger partial charge in [0, 0.05) is 9.86 Å². The maximum atomic E-state index is 6.06. The molecule has 0 saturated heterocycles. The van der Waals surface area contributed by atoms with Gasteiger partial charge in [0.2, 0.25) is 0 Å². The molecule has 0 aliphatic carbocycles. The summed E-state index contributed by atoms with van der Waals surface area (Å²) in [5.74, 6) is 0.785. The quantitative estimate of drug-likeness (QED) is 0.897. The lowest BCUT2D eigenvalue weighted by Gasteiger charge is -2.02. The van der Waals surface area contributed by atoms with E-state index in [4.69, 9.17) is 21.8 Å². The van der Waals surface area contributed by atoms with Crippen LogP contribution >= 0.6 is 27.5 Å². The van der Waals surface area contributed by atoms with Crippen LogP contribution in [0.15, 0.2) is 27.1 Å². The number of hydrogen-bond donors (Lipinski definition) is 1. The molecule has 0 bridgehead atoms. The monoisotopic (exact) mass is 287 g/mol. The van der Waals surface area contributed by atoms with Crippen molar-refractivity contribution in [3.63, 3.8) is 0 Å². The lowest BCUT2D eigenvalue weighted by molar-refractivity contribution is 0.488. The molecule has 1 atom stereocenters. The summed E-state index contributed by atoms with van der Waals surface area (Å²) in [6.45, 7) is 2.02. The van der Waals surface area contributed by atoms with Crippen molar-refractivity contribution in [1.82, 2.24) is 0 Å². The molecule has 2 N–H and O–H groups in total. The topological polar surface area (TPSA) is 39.2 Å². The van der Waals surface area contributed by atoms with Crippen LogP contribution in [0.2, 0.25) is 5.02 Å². The normalized spacial score (nSPS) is 13.3. The average Bonchev–Trinajstić information content (AvgIpc) is 2.60. The third kappa shape index (κ3) is 2.05. The summed E-state index contributed by atoms with van der Waals surface area (Å²) >= 11 is 9.45. The van der Waals surface area contributed by atoms with Gasteiger partial charge in [0.15, 0.2) is 5.58 Å². The predicted molar refractivity (Wildman–Crippen MR) is 66.1 cm³/mol. The molecular formula is C11H11BrClNO. The summed E-state index contributed by atoms with van der Waals surface area (Å²) in [4.78, 5) is 0. The van der Waals surface area contributed by atoms with E-state index >= 15 is 0 Å². The Hall–Kier alpha value is -0.510. The van der Waals surface area contributed by atoms with Gasteiger partial charge in [-0.2, -0.15) is 0 Å². The zero-order valence-electron chi connectivity index (χ0n) is 8.26. The number of fused-ring (bicyclic) bond motifs is 1. The lowest BCUT2D eigenvalue weighted by Crippen LogP contribution is -2.06. The average molecular weight is 289 g/mol. The second-order valence-corrected chi connectivity index (χ2v) is 4.79. The van der Waals surface area contributed by atoms with Crippen LogP contribution < -0.4 is 5.73 Å². The van der Waals surface area contributed by atoms with Crippen molar-refractivity contribution in [2.75, 3.05) is 0 Å². The van der Waals surface area contributed by atoms with E-state index in [1.54, 1.807) is 0 Å². The Morgan fingerprint density at radius 2 is 2.20 bits per heavy atom. The molecule has 2 rings (SSSR count). The standard InChI is InChI=1S/C11H11BrClNO/c1-2-9(14)10-4-6-3-7(12)5-8(13)11(6)15-10/h3-5,9H,2,14H2,1H3. The number of furan rings is 1. The maximum Gasteiger partial charge on any atom is 0.153 e. The summed E-state index contributed by atoms with van der Waals surface area (Å²) in [5, 5.41) is 1.59. The van der Waals surface area contributed by atoms with Crippen molar-refractivity contribution >= 4 is 38.5 Å². The minimum absolute atomic E-state index is 0.0627. The van der Waals surface area contributed by atoms with E-state index in [-0.39, 0.29) is 6.04 Å². The first-order valence-electron chi connectivity index (χ1n) is 4.76. The van der Waals surface area contributed by atoms with E-state index in [9.17, 15) is 0 Å². The van der Waals surface area contributed by atoms with Gasteiger partial charge in [-0.1, -0.05) is 34.5 Å². The zero-order valence-corrected chi connectivity index (χ0v) is 10.6. The first kappa shape index (κ1) is 11.0. The number of nitrogens with two attached hydrogens (primary N) is 1. The summed E-state index contributed by atoms with van der Waals surface area (Å²) < 4.78 is 6.57. The highest BCUT2D eigenvalue weighted by Crippen LogP contribution is 2.32. The van der Waals surface area contributed by atoms with E-state index < -0.39 is 0 Å². The largest absolute Gasteiger partial charge is 0.458 e. The van der Waals surface area contributed by atoms with Crippen molar-refractivity contribution in [3.8, 4) is 0 Å². The first-order chi connectivity index (χ1) is 7.11. The van der Waals surface area contributed by atoms with Crippen LogP contribution in [0.5, 0.6) is 0 Å². The van der Waals surface area contributed by atoms with Crippen LogP contribution in [0.4, 0.5) is 0 Å². The Morgan fingerprint density at radius 3 is 2.87 bits per heavy atom.